The first-order valence-corrected chi connectivity index (χ1v) is 11.2. The lowest BCUT2D eigenvalue weighted by Gasteiger charge is -2.36. The van der Waals surface area contributed by atoms with E-state index in [-0.39, 0.29) is 24.4 Å². The number of piperidine rings is 1. The number of hydrogen-bond acceptors (Lipinski definition) is 4. The number of methoxy groups -OCH3 is 1. The van der Waals surface area contributed by atoms with Crippen molar-refractivity contribution in [1.29, 1.82) is 0 Å². The van der Waals surface area contributed by atoms with Crippen LogP contribution in [0.3, 0.4) is 0 Å². The lowest BCUT2D eigenvalue weighted by molar-refractivity contribution is -0.124. The van der Waals surface area contributed by atoms with E-state index in [1.54, 1.807) is 12.0 Å². The summed E-state index contributed by atoms with van der Waals surface area (Å²) in [5.74, 6) is 0.709. The highest BCUT2D eigenvalue weighted by atomic mass is 16.5. The molecule has 6 nitrogen and oxygen atoms in total. The van der Waals surface area contributed by atoms with Gasteiger partial charge in [-0.1, -0.05) is 42.8 Å². The van der Waals surface area contributed by atoms with Gasteiger partial charge in [-0.15, -0.1) is 0 Å². The molecular weight excluding hydrogens is 390 g/mol. The lowest BCUT2D eigenvalue weighted by atomic mass is 10.00. The summed E-state index contributed by atoms with van der Waals surface area (Å²) in [6.07, 6.45) is 4.76. The normalized spacial score (nSPS) is 17.7. The minimum atomic E-state index is -0.137. The summed E-state index contributed by atoms with van der Waals surface area (Å²) in [4.78, 5) is 29.4. The second-order valence-corrected chi connectivity index (χ2v) is 8.27. The van der Waals surface area contributed by atoms with Gasteiger partial charge in [0.25, 0.3) is 0 Å². The van der Waals surface area contributed by atoms with Crippen LogP contribution in [0, 0.1) is 0 Å². The molecule has 1 fully saturated rings. The maximum Gasteiger partial charge on any atom is 0.240 e. The van der Waals surface area contributed by atoms with E-state index < -0.39 is 0 Å². The second kappa shape index (κ2) is 9.96. The van der Waals surface area contributed by atoms with Crippen molar-refractivity contribution in [2.45, 2.75) is 38.1 Å². The fraction of sp³-hybridized carbons (Fsp3) is 0.440. The summed E-state index contributed by atoms with van der Waals surface area (Å²) < 4.78 is 5.61. The maximum absolute atomic E-state index is 12.9. The standard InChI is InChI=1S/C25H31N3O3/c1-31-23-12-6-4-10-20(23)22(27-15-7-2-8-16-27)17-26-24(29)18-28-21-11-5-3-9-19(21)13-14-25(28)30/h3-6,9-12,22H,2,7-8,13-18H2,1H3,(H,26,29). The molecular formula is C25H31N3O3. The van der Waals surface area contributed by atoms with Crippen LogP contribution in [0.2, 0.25) is 0 Å². The summed E-state index contributed by atoms with van der Waals surface area (Å²) in [7, 11) is 1.68. The van der Waals surface area contributed by atoms with Crippen LogP contribution < -0.4 is 15.0 Å². The molecule has 2 aromatic carbocycles. The van der Waals surface area contributed by atoms with E-state index in [2.05, 4.69) is 16.3 Å². The van der Waals surface area contributed by atoms with Gasteiger partial charge in [0.15, 0.2) is 0 Å². The fourth-order valence-electron chi connectivity index (χ4n) is 4.69. The van der Waals surface area contributed by atoms with Gasteiger partial charge in [-0.05, 0) is 50.0 Å². The van der Waals surface area contributed by atoms with Gasteiger partial charge in [0, 0.05) is 24.2 Å². The van der Waals surface area contributed by atoms with Crippen molar-refractivity contribution in [3.8, 4) is 5.75 Å². The Morgan fingerprint density at radius 3 is 2.58 bits per heavy atom. The van der Waals surface area contributed by atoms with Crippen LogP contribution in [-0.4, -0.2) is 50.0 Å². The number of benzene rings is 2. The molecule has 164 valence electrons. The van der Waals surface area contributed by atoms with Crippen LogP contribution in [0.25, 0.3) is 0 Å². The van der Waals surface area contributed by atoms with Gasteiger partial charge < -0.3 is 15.0 Å². The zero-order chi connectivity index (χ0) is 21.6. The second-order valence-electron chi connectivity index (χ2n) is 8.27. The molecule has 1 atom stereocenters. The number of para-hydroxylation sites is 2. The number of ether oxygens (including phenoxy) is 1. The molecule has 2 aromatic rings. The topological polar surface area (TPSA) is 61.9 Å². The number of rotatable bonds is 7. The van der Waals surface area contributed by atoms with Crippen LogP contribution in [0.4, 0.5) is 5.69 Å². The number of anilines is 1. The Morgan fingerprint density at radius 2 is 1.77 bits per heavy atom. The number of amides is 2. The van der Waals surface area contributed by atoms with Crippen molar-refractivity contribution in [3.05, 3.63) is 59.7 Å². The summed E-state index contributed by atoms with van der Waals surface area (Å²) in [5.41, 5.74) is 3.06. The van der Waals surface area contributed by atoms with Gasteiger partial charge in [-0.2, -0.15) is 0 Å². The minimum Gasteiger partial charge on any atom is -0.496 e. The number of carbonyl (C=O) groups excluding carboxylic acids is 2. The summed E-state index contributed by atoms with van der Waals surface area (Å²) in [5, 5.41) is 3.10. The van der Waals surface area contributed by atoms with Crippen LogP contribution >= 0.6 is 0 Å². The largest absolute Gasteiger partial charge is 0.496 e. The van der Waals surface area contributed by atoms with Gasteiger partial charge in [-0.3, -0.25) is 14.5 Å². The van der Waals surface area contributed by atoms with Crippen molar-refractivity contribution in [2.75, 3.05) is 38.2 Å². The van der Waals surface area contributed by atoms with Gasteiger partial charge in [0.1, 0.15) is 12.3 Å². The first-order chi connectivity index (χ1) is 15.2. The smallest absolute Gasteiger partial charge is 0.240 e. The van der Waals surface area contributed by atoms with Crippen molar-refractivity contribution < 1.29 is 14.3 Å². The first kappa shape index (κ1) is 21.4. The number of hydrogen-bond donors (Lipinski definition) is 1. The predicted molar refractivity (Wildman–Crippen MR) is 121 cm³/mol. The average Bonchev–Trinajstić information content (AvgIpc) is 2.82. The molecule has 1 saturated heterocycles. The highest BCUT2D eigenvalue weighted by Gasteiger charge is 2.28. The number of nitrogens with one attached hydrogen (secondary N) is 1. The zero-order valence-electron chi connectivity index (χ0n) is 18.2. The molecule has 0 bridgehead atoms. The third kappa shape index (κ3) is 4.90. The summed E-state index contributed by atoms with van der Waals surface area (Å²) >= 11 is 0. The first-order valence-electron chi connectivity index (χ1n) is 11.2. The van der Waals surface area contributed by atoms with Crippen LogP contribution in [0.15, 0.2) is 48.5 Å². The fourth-order valence-corrected chi connectivity index (χ4v) is 4.69. The highest BCUT2D eigenvalue weighted by molar-refractivity contribution is 6.01. The molecule has 0 spiro atoms. The van der Waals surface area contributed by atoms with Crippen LogP contribution in [-0.2, 0) is 16.0 Å². The zero-order valence-corrected chi connectivity index (χ0v) is 18.2. The average molecular weight is 422 g/mol. The summed E-state index contributed by atoms with van der Waals surface area (Å²) in [6, 6.07) is 15.9. The predicted octanol–water partition coefficient (Wildman–Crippen LogP) is 3.32. The number of carbonyl (C=O) groups is 2. The van der Waals surface area contributed by atoms with Crippen molar-refractivity contribution in [2.24, 2.45) is 0 Å². The lowest BCUT2D eigenvalue weighted by Crippen LogP contribution is -2.46. The Bertz CT molecular complexity index is 924. The van der Waals surface area contributed by atoms with Crippen molar-refractivity contribution in [3.63, 3.8) is 0 Å². The molecule has 1 unspecified atom stereocenters. The number of nitrogens with zero attached hydrogens (tertiary/aromatic N) is 2. The summed E-state index contributed by atoms with van der Waals surface area (Å²) in [6.45, 7) is 2.56. The Balaban J connectivity index is 1.47. The highest BCUT2D eigenvalue weighted by Crippen LogP contribution is 2.31. The molecule has 4 rings (SSSR count). The van der Waals surface area contributed by atoms with Crippen molar-refractivity contribution in [1.82, 2.24) is 10.2 Å². The van der Waals surface area contributed by atoms with E-state index in [1.165, 1.54) is 19.3 Å². The Morgan fingerprint density at radius 1 is 1.03 bits per heavy atom. The van der Waals surface area contributed by atoms with Gasteiger partial charge >= 0.3 is 0 Å². The Kier molecular flexibility index (Phi) is 6.87. The number of aryl methyl sites for hydroxylation is 1. The molecule has 6 heteroatoms. The molecule has 2 heterocycles. The van der Waals surface area contributed by atoms with E-state index in [9.17, 15) is 9.59 Å². The molecule has 2 aliphatic heterocycles. The molecule has 0 saturated carbocycles. The molecule has 2 amide bonds. The van der Waals surface area contributed by atoms with Gasteiger partial charge in [0.2, 0.25) is 11.8 Å². The molecule has 31 heavy (non-hydrogen) atoms. The quantitative estimate of drug-likeness (QED) is 0.745. The maximum atomic E-state index is 12.9. The third-order valence-electron chi connectivity index (χ3n) is 6.32. The molecule has 0 aromatic heterocycles. The Hall–Kier alpha value is -2.86. The third-order valence-corrected chi connectivity index (χ3v) is 6.32. The molecule has 0 aliphatic carbocycles. The van der Waals surface area contributed by atoms with E-state index >= 15 is 0 Å². The van der Waals surface area contributed by atoms with Gasteiger partial charge in [-0.25, -0.2) is 0 Å². The number of fused-ring (bicyclic) bond motifs is 1. The molecule has 1 N–H and O–H groups in total. The SMILES string of the molecule is COc1ccccc1C(CNC(=O)CN1C(=O)CCc2ccccc21)N1CCCCC1. The van der Waals surface area contributed by atoms with E-state index in [4.69, 9.17) is 4.74 Å². The van der Waals surface area contributed by atoms with Gasteiger partial charge in [0.05, 0.1) is 13.2 Å². The van der Waals surface area contributed by atoms with Crippen molar-refractivity contribution >= 4 is 17.5 Å². The molecule has 2 aliphatic rings. The molecule has 0 radical (unpaired) electrons. The number of likely N-dealkylation sites (tertiary alicyclic amines) is 1. The van der Waals surface area contributed by atoms with E-state index in [0.717, 1.165) is 42.1 Å². The Labute approximate surface area is 184 Å². The van der Waals surface area contributed by atoms with E-state index in [1.807, 2.05) is 42.5 Å². The van der Waals surface area contributed by atoms with Crippen LogP contribution in [0.1, 0.15) is 42.9 Å². The van der Waals surface area contributed by atoms with E-state index in [0.29, 0.717) is 13.0 Å². The monoisotopic (exact) mass is 421 g/mol. The van der Waals surface area contributed by atoms with Crippen LogP contribution in [0.5, 0.6) is 5.75 Å². The minimum absolute atomic E-state index is 0.00570.